The summed E-state index contributed by atoms with van der Waals surface area (Å²) in [5.74, 6) is 0.205. The van der Waals surface area contributed by atoms with E-state index in [1.165, 1.54) is 0 Å². The van der Waals surface area contributed by atoms with Crippen molar-refractivity contribution in [1.82, 2.24) is 9.78 Å². The SMILES string of the molecule is CCc1ccsc1C(=O)Cc1cc(C)nn1CC. The Kier molecular flexibility index (Phi) is 3.97. The van der Waals surface area contributed by atoms with Crippen molar-refractivity contribution in [1.29, 1.82) is 0 Å². The maximum absolute atomic E-state index is 12.3. The van der Waals surface area contributed by atoms with Gasteiger partial charge in [0.25, 0.3) is 0 Å². The van der Waals surface area contributed by atoms with Crippen LogP contribution >= 0.6 is 11.3 Å². The van der Waals surface area contributed by atoms with E-state index in [4.69, 9.17) is 0 Å². The molecule has 4 heteroatoms. The maximum Gasteiger partial charge on any atom is 0.178 e. The van der Waals surface area contributed by atoms with Crippen molar-refractivity contribution in [2.75, 3.05) is 0 Å². The Bertz CT molecular complexity index is 554. The molecule has 2 aromatic heterocycles. The number of hydrogen-bond acceptors (Lipinski definition) is 3. The van der Waals surface area contributed by atoms with E-state index in [9.17, 15) is 4.79 Å². The first kappa shape index (κ1) is 13.0. The topological polar surface area (TPSA) is 34.9 Å². The average molecular weight is 262 g/mol. The lowest BCUT2D eigenvalue weighted by atomic mass is 10.1. The van der Waals surface area contributed by atoms with Gasteiger partial charge in [-0.15, -0.1) is 11.3 Å². The minimum absolute atomic E-state index is 0.205. The number of nitrogens with zero attached hydrogens (tertiary/aromatic N) is 2. The average Bonchev–Trinajstić information content (AvgIpc) is 2.95. The van der Waals surface area contributed by atoms with Gasteiger partial charge in [-0.2, -0.15) is 5.10 Å². The molecule has 0 bridgehead atoms. The van der Waals surface area contributed by atoms with Crippen LogP contribution in [0.3, 0.4) is 0 Å². The lowest BCUT2D eigenvalue weighted by molar-refractivity contribution is 0.0993. The zero-order valence-electron chi connectivity index (χ0n) is 11.1. The van der Waals surface area contributed by atoms with Gasteiger partial charge < -0.3 is 0 Å². The van der Waals surface area contributed by atoms with Crippen molar-refractivity contribution in [2.24, 2.45) is 0 Å². The first-order valence-corrected chi connectivity index (χ1v) is 7.16. The largest absolute Gasteiger partial charge is 0.293 e. The Hall–Kier alpha value is -1.42. The molecule has 3 nitrogen and oxygen atoms in total. The third-order valence-electron chi connectivity index (χ3n) is 3.01. The van der Waals surface area contributed by atoms with E-state index in [0.29, 0.717) is 6.42 Å². The molecule has 0 aliphatic carbocycles. The summed E-state index contributed by atoms with van der Waals surface area (Å²) in [5, 5.41) is 6.37. The van der Waals surface area contributed by atoms with Crippen molar-refractivity contribution < 1.29 is 4.79 Å². The van der Waals surface area contributed by atoms with E-state index in [1.807, 2.05) is 36.0 Å². The van der Waals surface area contributed by atoms with Gasteiger partial charge in [-0.05, 0) is 43.3 Å². The molecule has 96 valence electrons. The Morgan fingerprint density at radius 1 is 1.44 bits per heavy atom. The predicted molar refractivity (Wildman–Crippen MR) is 74.4 cm³/mol. The van der Waals surface area contributed by atoms with Gasteiger partial charge in [-0.3, -0.25) is 9.48 Å². The lowest BCUT2D eigenvalue weighted by Crippen LogP contribution is -2.09. The molecule has 2 aromatic rings. The highest BCUT2D eigenvalue weighted by atomic mass is 32.1. The number of Topliss-reactive ketones (excluding diaryl/α,β-unsaturated/α-hetero) is 1. The molecule has 0 atom stereocenters. The van der Waals surface area contributed by atoms with Gasteiger partial charge in [0.15, 0.2) is 5.78 Å². The Labute approximate surface area is 111 Å². The summed E-state index contributed by atoms with van der Waals surface area (Å²) in [6.07, 6.45) is 1.36. The smallest absolute Gasteiger partial charge is 0.178 e. The Morgan fingerprint density at radius 3 is 2.89 bits per heavy atom. The van der Waals surface area contributed by atoms with Crippen LogP contribution in [0.1, 0.15) is 40.5 Å². The summed E-state index contributed by atoms with van der Waals surface area (Å²) in [5.41, 5.74) is 3.14. The first-order chi connectivity index (χ1) is 8.65. The normalized spacial score (nSPS) is 10.8. The fraction of sp³-hybridized carbons (Fsp3) is 0.429. The number of thiophene rings is 1. The number of aryl methyl sites for hydroxylation is 3. The molecular weight excluding hydrogens is 244 g/mol. The maximum atomic E-state index is 12.3. The van der Waals surface area contributed by atoms with E-state index in [2.05, 4.69) is 12.0 Å². The van der Waals surface area contributed by atoms with Crippen LogP contribution in [-0.2, 0) is 19.4 Å². The highest BCUT2D eigenvalue weighted by Gasteiger charge is 2.15. The number of hydrogen-bond donors (Lipinski definition) is 0. The molecule has 2 heterocycles. The molecule has 0 aromatic carbocycles. The van der Waals surface area contributed by atoms with E-state index < -0.39 is 0 Å². The number of ketones is 1. The van der Waals surface area contributed by atoms with Crippen molar-refractivity contribution in [3.63, 3.8) is 0 Å². The van der Waals surface area contributed by atoms with Crippen LogP contribution in [0, 0.1) is 6.92 Å². The molecule has 0 unspecified atom stereocenters. The van der Waals surface area contributed by atoms with Crippen LogP contribution in [0.4, 0.5) is 0 Å². The first-order valence-electron chi connectivity index (χ1n) is 6.28. The molecule has 0 N–H and O–H groups in total. The van der Waals surface area contributed by atoms with Gasteiger partial charge in [0.05, 0.1) is 17.0 Å². The van der Waals surface area contributed by atoms with Gasteiger partial charge in [-0.25, -0.2) is 0 Å². The van der Waals surface area contributed by atoms with Crippen LogP contribution in [0.15, 0.2) is 17.5 Å². The van der Waals surface area contributed by atoms with Crippen LogP contribution in [0.2, 0.25) is 0 Å². The highest BCUT2D eigenvalue weighted by Crippen LogP contribution is 2.20. The molecule has 18 heavy (non-hydrogen) atoms. The summed E-state index contributed by atoms with van der Waals surface area (Å²) < 4.78 is 1.91. The van der Waals surface area contributed by atoms with Gasteiger partial charge in [-0.1, -0.05) is 6.92 Å². The van der Waals surface area contributed by atoms with Crippen LogP contribution in [-0.4, -0.2) is 15.6 Å². The molecule has 0 amide bonds. The second-order valence-corrected chi connectivity index (χ2v) is 5.24. The molecule has 2 rings (SSSR count). The molecular formula is C14H18N2OS. The second-order valence-electron chi connectivity index (χ2n) is 4.32. The third kappa shape index (κ3) is 2.53. The van der Waals surface area contributed by atoms with Gasteiger partial charge in [0, 0.05) is 12.2 Å². The summed E-state index contributed by atoms with van der Waals surface area (Å²) >= 11 is 1.54. The summed E-state index contributed by atoms with van der Waals surface area (Å²) in [6, 6.07) is 4.04. The Morgan fingerprint density at radius 2 is 2.22 bits per heavy atom. The lowest BCUT2D eigenvalue weighted by Gasteiger charge is -2.04. The number of carbonyl (C=O) groups is 1. The van der Waals surface area contributed by atoms with Crippen LogP contribution in [0.25, 0.3) is 0 Å². The van der Waals surface area contributed by atoms with Crippen molar-refractivity contribution in [2.45, 2.75) is 40.2 Å². The van der Waals surface area contributed by atoms with Crippen molar-refractivity contribution in [3.8, 4) is 0 Å². The highest BCUT2D eigenvalue weighted by molar-refractivity contribution is 7.12. The standard InChI is InChI=1S/C14H18N2OS/c1-4-11-6-7-18-14(11)13(17)9-12-8-10(3)15-16(12)5-2/h6-8H,4-5,9H2,1-3H3. The minimum atomic E-state index is 0.205. The third-order valence-corrected chi connectivity index (χ3v) is 4.01. The molecule has 0 radical (unpaired) electrons. The van der Waals surface area contributed by atoms with Crippen LogP contribution in [0.5, 0.6) is 0 Å². The minimum Gasteiger partial charge on any atom is -0.293 e. The predicted octanol–water partition coefficient (Wildman–Crippen LogP) is 3.26. The van der Waals surface area contributed by atoms with E-state index in [0.717, 1.165) is 34.8 Å². The quantitative estimate of drug-likeness (QED) is 0.775. The molecule has 0 aliphatic heterocycles. The molecule has 0 aliphatic rings. The molecule has 0 fully saturated rings. The second kappa shape index (κ2) is 5.48. The van der Waals surface area contributed by atoms with Gasteiger partial charge in [0.1, 0.15) is 0 Å². The van der Waals surface area contributed by atoms with Crippen LogP contribution < -0.4 is 0 Å². The summed E-state index contributed by atoms with van der Waals surface area (Å²) in [6.45, 7) is 6.90. The zero-order chi connectivity index (χ0) is 13.1. The monoisotopic (exact) mass is 262 g/mol. The fourth-order valence-electron chi connectivity index (χ4n) is 2.12. The summed E-state index contributed by atoms with van der Waals surface area (Å²) in [4.78, 5) is 13.2. The fourth-order valence-corrected chi connectivity index (χ4v) is 3.05. The van der Waals surface area contributed by atoms with E-state index in [1.54, 1.807) is 11.3 Å². The van der Waals surface area contributed by atoms with Crippen molar-refractivity contribution in [3.05, 3.63) is 39.3 Å². The van der Waals surface area contributed by atoms with Gasteiger partial charge in [0.2, 0.25) is 0 Å². The number of carbonyl (C=O) groups excluding carboxylic acids is 1. The van der Waals surface area contributed by atoms with E-state index >= 15 is 0 Å². The molecule has 0 spiro atoms. The Balaban J connectivity index is 2.21. The molecule has 0 saturated carbocycles. The van der Waals surface area contributed by atoms with Gasteiger partial charge >= 0.3 is 0 Å². The summed E-state index contributed by atoms with van der Waals surface area (Å²) in [7, 11) is 0. The number of aromatic nitrogens is 2. The van der Waals surface area contributed by atoms with E-state index in [-0.39, 0.29) is 5.78 Å². The van der Waals surface area contributed by atoms with Crippen molar-refractivity contribution >= 4 is 17.1 Å². The zero-order valence-corrected chi connectivity index (χ0v) is 11.9. The molecule has 0 saturated heterocycles. The number of rotatable bonds is 5.